The van der Waals surface area contributed by atoms with Gasteiger partial charge in [-0.15, -0.1) is 11.3 Å². The third-order valence-electron chi connectivity index (χ3n) is 5.55. The number of carbonyl (C=O) groups excluding carboxylic acids is 2. The lowest BCUT2D eigenvalue weighted by atomic mass is 10.0. The fraction of sp³-hybridized carbons (Fsp3) is 0.280. The standard InChI is InChI=1S/C25H26N2O3S/c1-3-20(17-9-6-5-7-10-17)27-16-18-15-19(26-24(28)23-11-8-14-31-23)12-13-22(18)30-21(4-2)25(27)29/h5-15,20-21H,3-4,16H2,1-2H3,(H,26,28)/t20-,21-/m1/s1. The van der Waals surface area contributed by atoms with Crippen LogP contribution in [0.2, 0.25) is 0 Å². The lowest BCUT2D eigenvalue weighted by Gasteiger charge is -2.32. The molecule has 0 unspecified atom stereocenters. The van der Waals surface area contributed by atoms with Crippen molar-refractivity contribution in [1.29, 1.82) is 0 Å². The summed E-state index contributed by atoms with van der Waals surface area (Å²) in [5, 5.41) is 4.83. The quantitative estimate of drug-likeness (QED) is 0.545. The summed E-state index contributed by atoms with van der Waals surface area (Å²) in [4.78, 5) is 28.4. The maximum Gasteiger partial charge on any atom is 0.265 e. The second kappa shape index (κ2) is 9.35. The van der Waals surface area contributed by atoms with Gasteiger partial charge in [-0.25, -0.2) is 0 Å². The van der Waals surface area contributed by atoms with E-state index in [0.29, 0.717) is 29.3 Å². The van der Waals surface area contributed by atoms with E-state index in [-0.39, 0.29) is 17.9 Å². The number of benzene rings is 2. The summed E-state index contributed by atoms with van der Waals surface area (Å²) in [5.74, 6) is 0.554. The topological polar surface area (TPSA) is 58.6 Å². The van der Waals surface area contributed by atoms with Gasteiger partial charge >= 0.3 is 0 Å². The predicted molar refractivity (Wildman–Crippen MR) is 123 cm³/mol. The molecule has 0 radical (unpaired) electrons. The first-order valence-corrected chi connectivity index (χ1v) is 11.5. The van der Waals surface area contributed by atoms with Crippen LogP contribution in [0.1, 0.15) is 53.5 Å². The van der Waals surface area contributed by atoms with Crippen molar-refractivity contribution in [2.75, 3.05) is 5.32 Å². The van der Waals surface area contributed by atoms with Crippen molar-refractivity contribution in [2.45, 2.75) is 45.4 Å². The number of rotatable bonds is 6. The molecule has 1 aromatic heterocycles. The van der Waals surface area contributed by atoms with Gasteiger partial charge < -0.3 is 15.0 Å². The molecule has 0 saturated heterocycles. The Kier molecular flexibility index (Phi) is 6.37. The summed E-state index contributed by atoms with van der Waals surface area (Å²) in [5.41, 5.74) is 2.69. The van der Waals surface area contributed by atoms with Gasteiger partial charge in [0.2, 0.25) is 0 Å². The Hall–Kier alpha value is -3.12. The van der Waals surface area contributed by atoms with Crippen molar-refractivity contribution in [2.24, 2.45) is 0 Å². The highest BCUT2D eigenvalue weighted by Gasteiger charge is 2.34. The molecule has 0 bridgehead atoms. The van der Waals surface area contributed by atoms with Crippen molar-refractivity contribution >= 4 is 28.8 Å². The first-order chi connectivity index (χ1) is 15.1. The van der Waals surface area contributed by atoms with E-state index >= 15 is 0 Å². The van der Waals surface area contributed by atoms with Crippen LogP contribution < -0.4 is 10.1 Å². The molecule has 1 aliphatic rings. The summed E-state index contributed by atoms with van der Waals surface area (Å²) in [6.45, 7) is 4.49. The molecule has 5 nitrogen and oxygen atoms in total. The van der Waals surface area contributed by atoms with Gasteiger partial charge in [0.15, 0.2) is 6.10 Å². The number of nitrogens with one attached hydrogen (secondary N) is 1. The van der Waals surface area contributed by atoms with Gasteiger partial charge in [0.25, 0.3) is 11.8 Å². The van der Waals surface area contributed by atoms with Crippen molar-refractivity contribution in [1.82, 2.24) is 4.90 Å². The molecule has 2 atom stereocenters. The molecule has 6 heteroatoms. The molecule has 2 amide bonds. The number of hydrogen-bond acceptors (Lipinski definition) is 4. The monoisotopic (exact) mass is 434 g/mol. The van der Waals surface area contributed by atoms with Crippen LogP contribution in [-0.2, 0) is 11.3 Å². The van der Waals surface area contributed by atoms with E-state index < -0.39 is 6.10 Å². The Balaban J connectivity index is 1.66. The summed E-state index contributed by atoms with van der Waals surface area (Å²) >= 11 is 1.40. The van der Waals surface area contributed by atoms with Gasteiger partial charge in [-0.3, -0.25) is 9.59 Å². The zero-order valence-corrected chi connectivity index (χ0v) is 18.5. The van der Waals surface area contributed by atoms with Gasteiger partial charge in [-0.1, -0.05) is 50.2 Å². The van der Waals surface area contributed by atoms with Crippen LogP contribution in [0, 0.1) is 0 Å². The minimum Gasteiger partial charge on any atom is -0.480 e. The summed E-state index contributed by atoms with van der Waals surface area (Å²) < 4.78 is 6.11. The summed E-state index contributed by atoms with van der Waals surface area (Å²) in [6, 6.07) is 19.3. The first-order valence-electron chi connectivity index (χ1n) is 10.6. The SMILES string of the molecule is CC[C@H](c1ccccc1)N1Cc2cc(NC(=O)c3cccs3)ccc2O[C@H](CC)C1=O. The number of carbonyl (C=O) groups is 2. The molecule has 31 heavy (non-hydrogen) atoms. The van der Waals surface area contributed by atoms with Crippen molar-refractivity contribution in [3.05, 3.63) is 82.0 Å². The highest BCUT2D eigenvalue weighted by Crippen LogP contribution is 2.35. The maximum atomic E-state index is 13.4. The van der Waals surface area contributed by atoms with E-state index in [9.17, 15) is 9.59 Å². The number of anilines is 1. The summed E-state index contributed by atoms with van der Waals surface area (Å²) in [7, 11) is 0. The van der Waals surface area contributed by atoms with E-state index in [1.807, 2.05) is 59.7 Å². The average Bonchev–Trinajstić information content (AvgIpc) is 3.29. The smallest absolute Gasteiger partial charge is 0.265 e. The molecule has 0 saturated carbocycles. The predicted octanol–water partition coefficient (Wildman–Crippen LogP) is 5.65. The zero-order chi connectivity index (χ0) is 21.8. The fourth-order valence-electron chi connectivity index (χ4n) is 3.98. The molecule has 2 heterocycles. The highest BCUT2D eigenvalue weighted by atomic mass is 32.1. The third-order valence-corrected chi connectivity index (χ3v) is 6.42. The van der Waals surface area contributed by atoms with Crippen LogP contribution in [-0.4, -0.2) is 22.8 Å². The molecule has 0 aliphatic carbocycles. The van der Waals surface area contributed by atoms with E-state index in [1.165, 1.54) is 11.3 Å². The van der Waals surface area contributed by atoms with Crippen LogP contribution in [0.4, 0.5) is 5.69 Å². The van der Waals surface area contributed by atoms with Crippen LogP contribution in [0.5, 0.6) is 5.75 Å². The van der Waals surface area contributed by atoms with E-state index in [1.54, 1.807) is 6.07 Å². The minimum atomic E-state index is -0.523. The van der Waals surface area contributed by atoms with Gasteiger partial charge in [0, 0.05) is 11.3 Å². The van der Waals surface area contributed by atoms with Gasteiger partial charge in [0.1, 0.15) is 5.75 Å². The molecule has 0 spiro atoms. The molecule has 4 rings (SSSR count). The van der Waals surface area contributed by atoms with Crippen LogP contribution >= 0.6 is 11.3 Å². The molecular weight excluding hydrogens is 408 g/mol. The lowest BCUT2D eigenvalue weighted by molar-refractivity contribution is -0.141. The lowest BCUT2D eigenvalue weighted by Crippen LogP contribution is -2.41. The molecule has 3 aromatic rings. The molecule has 1 N–H and O–H groups in total. The van der Waals surface area contributed by atoms with Crippen LogP contribution in [0.3, 0.4) is 0 Å². The Morgan fingerprint density at radius 2 is 1.97 bits per heavy atom. The molecule has 1 aliphatic heterocycles. The number of nitrogens with zero attached hydrogens (tertiary/aromatic N) is 1. The van der Waals surface area contributed by atoms with E-state index in [0.717, 1.165) is 17.5 Å². The Bertz CT molecular complexity index is 1050. The summed E-state index contributed by atoms with van der Waals surface area (Å²) in [6.07, 6.45) is 0.873. The number of hydrogen-bond donors (Lipinski definition) is 1. The Morgan fingerprint density at radius 1 is 1.16 bits per heavy atom. The molecule has 160 valence electrons. The van der Waals surface area contributed by atoms with Gasteiger partial charge in [0.05, 0.1) is 17.5 Å². The maximum absolute atomic E-state index is 13.4. The number of ether oxygens (including phenoxy) is 1. The second-order valence-corrected chi connectivity index (χ2v) is 8.52. The molecule has 2 aromatic carbocycles. The fourth-order valence-corrected chi connectivity index (χ4v) is 4.60. The van der Waals surface area contributed by atoms with E-state index in [4.69, 9.17) is 4.74 Å². The zero-order valence-electron chi connectivity index (χ0n) is 17.7. The molecular formula is C25H26N2O3S. The number of amides is 2. The normalized spacial score (nSPS) is 16.8. The first kappa shape index (κ1) is 21.1. The second-order valence-electron chi connectivity index (χ2n) is 7.57. The largest absolute Gasteiger partial charge is 0.480 e. The van der Waals surface area contributed by atoms with Crippen molar-refractivity contribution < 1.29 is 14.3 Å². The number of thiophene rings is 1. The highest BCUT2D eigenvalue weighted by molar-refractivity contribution is 7.12. The number of fused-ring (bicyclic) bond motifs is 1. The minimum absolute atomic E-state index is 0.00132. The van der Waals surface area contributed by atoms with Crippen molar-refractivity contribution in [3.63, 3.8) is 0 Å². The third kappa shape index (κ3) is 4.49. The Morgan fingerprint density at radius 3 is 2.65 bits per heavy atom. The molecule has 0 fully saturated rings. The van der Waals surface area contributed by atoms with Crippen LogP contribution in [0.25, 0.3) is 0 Å². The van der Waals surface area contributed by atoms with E-state index in [2.05, 4.69) is 24.4 Å². The van der Waals surface area contributed by atoms with Gasteiger partial charge in [-0.2, -0.15) is 0 Å². The average molecular weight is 435 g/mol. The van der Waals surface area contributed by atoms with Gasteiger partial charge in [-0.05, 0) is 48.1 Å². The van der Waals surface area contributed by atoms with Crippen LogP contribution in [0.15, 0.2) is 66.0 Å². The van der Waals surface area contributed by atoms with Crippen molar-refractivity contribution in [3.8, 4) is 5.75 Å². The Labute approximate surface area is 186 Å².